The van der Waals surface area contributed by atoms with Crippen LogP contribution in [0.4, 0.5) is 0 Å². The zero-order valence-corrected chi connectivity index (χ0v) is 13.3. The number of rotatable bonds is 5. The fourth-order valence-corrected chi connectivity index (χ4v) is 2.17. The van der Waals surface area contributed by atoms with Crippen LogP contribution >= 0.6 is 12.2 Å². The highest BCUT2D eigenvalue weighted by Crippen LogP contribution is 2.22. The van der Waals surface area contributed by atoms with Gasteiger partial charge in [0.05, 0.1) is 26.7 Å². The van der Waals surface area contributed by atoms with E-state index in [4.69, 9.17) is 26.1 Å². The lowest BCUT2D eigenvalue weighted by atomic mass is 10.2. The van der Waals surface area contributed by atoms with Crippen molar-refractivity contribution < 1.29 is 13.9 Å². The normalized spacial score (nSPS) is 11.0. The average Bonchev–Trinajstić information content (AvgIpc) is 3.22. The summed E-state index contributed by atoms with van der Waals surface area (Å²) in [6.45, 7) is 0. The number of furan rings is 1. The Morgan fingerprint density at radius 2 is 2.00 bits per heavy atom. The summed E-state index contributed by atoms with van der Waals surface area (Å²) in [6, 6.07) is 9.01. The first-order valence-corrected chi connectivity index (χ1v) is 7.11. The molecule has 1 aromatic carbocycles. The second kappa shape index (κ2) is 6.49. The molecule has 3 rings (SSSR count). The minimum Gasteiger partial charge on any atom is -0.497 e. The Balaban J connectivity index is 1.98. The van der Waals surface area contributed by atoms with Crippen molar-refractivity contribution in [1.29, 1.82) is 0 Å². The monoisotopic (exact) mass is 330 g/mol. The van der Waals surface area contributed by atoms with E-state index in [1.54, 1.807) is 44.9 Å². The van der Waals surface area contributed by atoms with Crippen molar-refractivity contribution in [1.82, 2.24) is 14.9 Å². The van der Waals surface area contributed by atoms with Gasteiger partial charge in [-0.25, -0.2) is 5.10 Å². The van der Waals surface area contributed by atoms with Crippen LogP contribution in [0.5, 0.6) is 11.5 Å². The summed E-state index contributed by atoms with van der Waals surface area (Å²) in [4.78, 5) is 0. The Labute approximate surface area is 137 Å². The summed E-state index contributed by atoms with van der Waals surface area (Å²) < 4.78 is 17.7. The van der Waals surface area contributed by atoms with Crippen molar-refractivity contribution in [2.45, 2.75) is 0 Å². The van der Waals surface area contributed by atoms with Crippen LogP contribution in [0.2, 0.25) is 0 Å². The van der Waals surface area contributed by atoms with Gasteiger partial charge in [0.25, 0.3) is 0 Å². The van der Waals surface area contributed by atoms with Gasteiger partial charge in [0.15, 0.2) is 5.76 Å². The fourth-order valence-electron chi connectivity index (χ4n) is 1.99. The third kappa shape index (κ3) is 3.16. The first kappa shape index (κ1) is 15.0. The quantitative estimate of drug-likeness (QED) is 0.574. The van der Waals surface area contributed by atoms with Crippen molar-refractivity contribution in [2.75, 3.05) is 14.2 Å². The molecule has 1 N–H and O–H groups in total. The van der Waals surface area contributed by atoms with Crippen LogP contribution in [0, 0.1) is 4.77 Å². The predicted octanol–water partition coefficient (Wildman–Crippen LogP) is 3.10. The number of methoxy groups -OCH3 is 2. The Kier molecular flexibility index (Phi) is 4.24. The van der Waals surface area contributed by atoms with Crippen molar-refractivity contribution in [2.24, 2.45) is 5.10 Å². The van der Waals surface area contributed by atoms with Gasteiger partial charge in [0, 0.05) is 11.6 Å². The zero-order chi connectivity index (χ0) is 16.2. The average molecular weight is 330 g/mol. The van der Waals surface area contributed by atoms with Crippen molar-refractivity contribution >= 4 is 18.4 Å². The SMILES string of the molecule is COc1cc(/C=N\n2c(-c3ccco3)n[nH]c2=S)cc(OC)c1. The molecular weight excluding hydrogens is 316 g/mol. The third-order valence-electron chi connectivity index (χ3n) is 3.09. The number of benzene rings is 1. The Hall–Kier alpha value is -2.87. The summed E-state index contributed by atoms with van der Waals surface area (Å²) >= 11 is 5.20. The molecule has 0 aliphatic carbocycles. The van der Waals surface area contributed by atoms with E-state index in [9.17, 15) is 0 Å². The molecule has 3 aromatic rings. The molecule has 0 aliphatic heterocycles. The van der Waals surface area contributed by atoms with Gasteiger partial charge in [-0.15, -0.1) is 5.10 Å². The van der Waals surface area contributed by atoms with Gasteiger partial charge in [0.1, 0.15) is 11.5 Å². The molecule has 118 valence electrons. The van der Waals surface area contributed by atoms with Crippen molar-refractivity contribution in [3.63, 3.8) is 0 Å². The highest BCUT2D eigenvalue weighted by Gasteiger charge is 2.10. The van der Waals surface area contributed by atoms with Gasteiger partial charge in [-0.1, -0.05) is 0 Å². The van der Waals surface area contributed by atoms with Crippen LogP contribution < -0.4 is 9.47 Å². The Morgan fingerprint density at radius 1 is 1.26 bits per heavy atom. The number of aromatic amines is 1. The molecule has 0 bridgehead atoms. The largest absolute Gasteiger partial charge is 0.497 e. The van der Waals surface area contributed by atoms with E-state index >= 15 is 0 Å². The van der Waals surface area contributed by atoms with E-state index < -0.39 is 0 Å². The van der Waals surface area contributed by atoms with Gasteiger partial charge in [0.2, 0.25) is 10.6 Å². The lowest BCUT2D eigenvalue weighted by molar-refractivity contribution is 0.394. The molecule has 0 saturated heterocycles. The van der Waals surface area contributed by atoms with Gasteiger partial charge < -0.3 is 13.9 Å². The van der Waals surface area contributed by atoms with Crippen LogP contribution in [0.1, 0.15) is 5.56 Å². The maximum absolute atomic E-state index is 5.34. The molecule has 0 fully saturated rings. The molecule has 7 nitrogen and oxygen atoms in total. The summed E-state index contributed by atoms with van der Waals surface area (Å²) in [7, 11) is 3.19. The maximum atomic E-state index is 5.34. The number of ether oxygens (including phenoxy) is 2. The van der Waals surface area contributed by atoms with Gasteiger partial charge in [-0.05, 0) is 36.5 Å². The predicted molar refractivity (Wildman–Crippen MR) is 87.7 cm³/mol. The van der Waals surface area contributed by atoms with Gasteiger partial charge >= 0.3 is 0 Å². The summed E-state index contributed by atoms with van der Waals surface area (Å²) in [6.07, 6.45) is 3.21. The summed E-state index contributed by atoms with van der Waals surface area (Å²) in [5, 5.41) is 11.2. The van der Waals surface area contributed by atoms with E-state index in [1.807, 2.05) is 12.1 Å². The number of H-pyrrole nitrogens is 1. The standard InChI is InChI=1S/C15H14N4O3S/c1-20-11-6-10(7-12(8-11)21-2)9-16-19-14(17-18-15(19)23)13-4-3-5-22-13/h3-9H,1-2H3,(H,18,23)/b16-9-. The second-order valence-electron chi connectivity index (χ2n) is 4.53. The van der Waals surface area contributed by atoms with Gasteiger partial charge in [-0.2, -0.15) is 9.78 Å². The maximum Gasteiger partial charge on any atom is 0.219 e. The minimum atomic E-state index is 0.363. The van der Waals surface area contributed by atoms with E-state index in [1.165, 1.54) is 4.68 Å². The number of hydrogen-bond acceptors (Lipinski definition) is 6. The number of aromatic nitrogens is 3. The third-order valence-corrected chi connectivity index (χ3v) is 3.35. The van der Waals surface area contributed by atoms with Crippen LogP contribution in [0.3, 0.4) is 0 Å². The molecular formula is C15H14N4O3S. The molecule has 0 unspecified atom stereocenters. The topological polar surface area (TPSA) is 77.6 Å². The number of hydrogen-bond donors (Lipinski definition) is 1. The van der Waals surface area contributed by atoms with Crippen molar-refractivity contribution in [3.05, 3.63) is 46.9 Å². The minimum absolute atomic E-state index is 0.363. The molecule has 0 saturated carbocycles. The molecule has 0 spiro atoms. The fraction of sp³-hybridized carbons (Fsp3) is 0.133. The van der Waals surface area contributed by atoms with Crippen LogP contribution in [-0.4, -0.2) is 35.3 Å². The van der Waals surface area contributed by atoms with E-state index in [-0.39, 0.29) is 0 Å². The molecule has 23 heavy (non-hydrogen) atoms. The smallest absolute Gasteiger partial charge is 0.219 e. The highest BCUT2D eigenvalue weighted by atomic mass is 32.1. The highest BCUT2D eigenvalue weighted by molar-refractivity contribution is 7.71. The molecule has 0 atom stereocenters. The zero-order valence-electron chi connectivity index (χ0n) is 12.5. The lowest BCUT2D eigenvalue weighted by Crippen LogP contribution is -1.95. The number of nitrogens with one attached hydrogen (secondary N) is 1. The molecule has 0 aliphatic rings. The Morgan fingerprint density at radius 3 is 2.61 bits per heavy atom. The molecule has 0 amide bonds. The molecule has 0 radical (unpaired) electrons. The Bertz CT molecular complexity index is 858. The first-order chi connectivity index (χ1) is 11.2. The van der Waals surface area contributed by atoms with Crippen molar-refractivity contribution in [3.8, 4) is 23.1 Å². The van der Waals surface area contributed by atoms with Crippen LogP contribution in [0.25, 0.3) is 11.6 Å². The van der Waals surface area contributed by atoms with E-state index in [0.29, 0.717) is 27.9 Å². The van der Waals surface area contributed by atoms with Crippen LogP contribution in [0.15, 0.2) is 46.1 Å². The molecule has 8 heteroatoms. The van der Waals surface area contributed by atoms with E-state index in [2.05, 4.69) is 15.3 Å². The first-order valence-electron chi connectivity index (χ1n) is 6.70. The summed E-state index contributed by atoms with van der Waals surface area (Å²) in [5.41, 5.74) is 0.801. The van der Waals surface area contributed by atoms with E-state index in [0.717, 1.165) is 5.56 Å². The lowest BCUT2D eigenvalue weighted by Gasteiger charge is -2.05. The molecule has 2 heterocycles. The number of nitrogens with zero attached hydrogens (tertiary/aromatic N) is 3. The summed E-state index contributed by atoms with van der Waals surface area (Å²) in [5.74, 6) is 2.41. The van der Waals surface area contributed by atoms with Crippen LogP contribution in [-0.2, 0) is 0 Å². The molecule has 2 aromatic heterocycles. The van der Waals surface area contributed by atoms with Gasteiger partial charge in [-0.3, -0.25) is 0 Å². The second-order valence-corrected chi connectivity index (χ2v) is 4.92.